The van der Waals surface area contributed by atoms with Crippen molar-refractivity contribution in [2.45, 2.75) is 13.1 Å². The van der Waals surface area contributed by atoms with Gasteiger partial charge in [-0.25, -0.2) is 0 Å². The molecule has 0 aliphatic carbocycles. The van der Waals surface area contributed by atoms with Crippen molar-refractivity contribution in [1.82, 2.24) is 10.6 Å². The van der Waals surface area contributed by atoms with Gasteiger partial charge in [0.2, 0.25) is 0 Å². The van der Waals surface area contributed by atoms with Gasteiger partial charge in [0.25, 0.3) is 0 Å². The molecule has 0 aromatic heterocycles. The number of ether oxygens (including phenoxy) is 2. The van der Waals surface area contributed by atoms with E-state index in [4.69, 9.17) is 27.5 Å². The summed E-state index contributed by atoms with van der Waals surface area (Å²) in [6, 6.07) is 13.4. The van der Waals surface area contributed by atoms with Crippen LogP contribution in [0, 0.1) is 12.3 Å². The fourth-order valence-electron chi connectivity index (χ4n) is 2.26. The topological polar surface area (TPSA) is 54.9 Å². The standard InChI is InChI=1S/C20H22ClN3O2.HI/c1-4-11-26-19-12-16(7-10-18(19)25-3)14-24-20(22-2)23-13-15-5-8-17(21)9-6-15;/h1,5-10,12H,11,13-14H2,2-3H3,(H2,22,23,24);1H. The van der Waals surface area contributed by atoms with E-state index < -0.39 is 0 Å². The Labute approximate surface area is 182 Å². The third-order valence-corrected chi connectivity index (χ3v) is 3.85. The number of aliphatic imine (C=N–C) groups is 1. The lowest BCUT2D eigenvalue weighted by Gasteiger charge is -2.14. The number of nitrogens with one attached hydrogen (secondary N) is 2. The Bertz CT molecular complexity index is 789. The highest BCUT2D eigenvalue weighted by Crippen LogP contribution is 2.27. The minimum atomic E-state index is 0. The zero-order valence-corrected chi connectivity index (χ0v) is 18.4. The number of hydrogen-bond acceptors (Lipinski definition) is 3. The molecule has 0 saturated heterocycles. The van der Waals surface area contributed by atoms with Crippen molar-refractivity contribution in [2.75, 3.05) is 20.8 Å². The molecule has 7 heteroatoms. The summed E-state index contributed by atoms with van der Waals surface area (Å²) < 4.78 is 10.8. The van der Waals surface area contributed by atoms with E-state index in [0.717, 1.165) is 16.1 Å². The first kappa shape index (κ1) is 22.9. The maximum atomic E-state index is 5.90. The Morgan fingerprint density at radius 2 is 1.70 bits per heavy atom. The fourth-order valence-corrected chi connectivity index (χ4v) is 2.38. The number of rotatable bonds is 7. The van der Waals surface area contributed by atoms with Crippen LogP contribution in [0.3, 0.4) is 0 Å². The molecule has 2 N–H and O–H groups in total. The maximum Gasteiger partial charge on any atom is 0.191 e. The normalized spacial score (nSPS) is 10.4. The van der Waals surface area contributed by atoms with Crippen molar-refractivity contribution in [3.05, 3.63) is 58.6 Å². The average Bonchev–Trinajstić information content (AvgIpc) is 2.67. The van der Waals surface area contributed by atoms with Crippen molar-refractivity contribution in [1.29, 1.82) is 0 Å². The molecular weight excluding hydrogens is 477 g/mol. The van der Waals surface area contributed by atoms with Gasteiger partial charge < -0.3 is 20.1 Å². The summed E-state index contributed by atoms with van der Waals surface area (Å²) in [7, 11) is 3.32. The van der Waals surface area contributed by atoms with Crippen LogP contribution >= 0.6 is 35.6 Å². The molecule has 5 nitrogen and oxygen atoms in total. The van der Waals surface area contributed by atoms with Gasteiger partial charge in [-0.2, -0.15) is 0 Å². The van der Waals surface area contributed by atoms with Crippen molar-refractivity contribution in [3.8, 4) is 23.8 Å². The molecule has 0 radical (unpaired) electrons. The minimum absolute atomic E-state index is 0. The highest BCUT2D eigenvalue weighted by atomic mass is 127. The van der Waals surface area contributed by atoms with Crippen LogP contribution in [-0.4, -0.2) is 26.7 Å². The van der Waals surface area contributed by atoms with Gasteiger partial charge in [0.15, 0.2) is 17.5 Å². The van der Waals surface area contributed by atoms with Gasteiger partial charge >= 0.3 is 0 Å². The van der Waals surface area contributed by atoms with Crippen LogP contribution in [0.1, 0.15) is 11.1 Å². The van der Waals surface area contributed by atoms with E-state index in [1.54, 1.807) is 14.2 Å². The number of halogens is 2. The molecule has 0 bridgehead atoms. The van der Waals surface area contributed by atoms with Crippen LogP contribution < -0.4 is 20.1 Å². The molecule has 0 fully saturated rings. The molecule has 27 heavy (non-hydrogen) atoms. The summed E-state index contributed by atoms with van der Waals surface area (Å²) in [6.07, 6.45) is 5.25. The van der Waals surface area contributed by atoms with Crippen LogP contribution in [-0.2, 0) is 13.1 Å². The third kappa shape index (κ3) is 7.57. The van der Waals surface area contributed by atoms with Crippen LogP contribution in [0.15, 0.2) is 47.5 Å². The molecule has 2 rings (SSSR count). The van der Waals surface area contributed by atoms with E-state index in [9.17, 15) is 0 Å². The average molecular weight is 500 g/mol. The number of benzene rings is 2. The third-order valence-electron chi connectivity index (χ3n) is 3.60. The van der Waals surface area contributed by atoms with Gasteiger partial charge in [0.05, 0.1) is 7.11 Å². The van der Waals surface area contributed by atoms with E-state index >= 15 is 0 Å². The summed E-state index contributed by atoms with van der Waals surface area (Å²) in [5.74, 6) is 4.41. The van der Waals surface area contributed by atoms with Crippen LogP contribution in [0.25, 0.3) is 0 Å². The molecule has 0 amide bonds. The Morgan fingerprint density at radius 1 is 1.07 bits per heavy atom. The molecule has 0 spiro atoms. The fraction of sp³-hybridized carbons (Fsp3) is 0.250. The molecule has 0 heterocycles. The first-order chi connectivity index (χ1) is 12.7. The Balaban J connectivity index is 0.00000364. The first-order valence-corrected chi connectivity index (χ1v) is 8.46. The largest absolute Gasteiger partial charge is 0.493 e. The zero-order chi connectivity index (χ0) is 18.8. The lowest BCUT2D eigenvalue weighted by Crippen LogP contribution is -2.36. The van der Waals surface area contributed by atoms with Crippen LogP contribution in [0.5, 0.6) is 11.5 Å². The highest BCUT2D eigenvalue weighted by molar-refractivity contribution is 14.0. The zero-order valence-electron chi connectivity index (χ0n) is 15.3. The molecule has 0 aliphatic rings. The van der Waals surface area contributed by atoms with Gasteiger partial charge in [0, 0.05) is 25.2 Å². The summed E-state index contributed by atoms with van der Waals surface area (Å²) in [4.78, 5) is 4.23. The van der Waals surface area contributed by atoms with E-state index in [1.165, 1.54) is 0 Å². The second-order valence-corrected chi connectivity index (χ2v) is 5.82. The highest BCUT2D eigenvalue weighted by Gasteiger charge is 2.06. The Hall–Kier alpha value is -2.11. The predicted molar refractivity (Wildman–Crippen MR) is 121 cm³/mol. The number of hydrogen-bond donors (Lipinski definition) is 2. The quantitative estimate of drug-likeness (QED) is 0.263. The van der Waals surface area contributed by atoms with Gasteiger partial charge in [-0.3, -0.25) is 4.99 Å². The van der Waals surface area contributed by atoms with Crippen LogP contribution in [0.4, 0.5) is 0 Å². The van der Waals surface area contributed by atoms with Gasteiger partial charge in [0.1, 0.15) is 6.61 Å². The summed E-state index contributed by atoms with van der Waals surface area (Å²) >= 11 is 5.90. The van der Waals surface area contributed by atoms with Crippen molar-refractivity contribution in [2.24, 2.45) is 4.99 Å². The van der Waals surface area contributed by atoms with E-state index in [-0.39, 0.29) is 30.6 Å². The minimum Gasteiger partial charge on any atom is -0.493 e. The molecule has 0 atom stereocenters. The second-order valence-electron chi connectivity index (χ2n) is 5.38. The molecule has 0 saturated carbocycles. The lowest BCUT2D eigenvalue weighted by molar-refractivity contribution is 0.330. The number of guanidine groups is 1. The first-order valence-electron chi connectivity index (χ1n) is 8.08. The van der Waals surface area contributed by atoms with Gasteiger partial charge in [-0.05, 0) is 35.4 Å². The number of methoxy groups -OCH3 is 1. The Morgan fingerprint density at radius 3 is 2.30 bits per heavy atom. The van der Waals surface area contributed by atoms with Gasteiger partial charge in [-0.1, -0.05) is 35.7 Å². The monoisotopic (exact) mass is 499 g/mol. The predicted octanol–water partition coefficient (Wildman–Crippen LogP) is 3.84. The molecule has 0 unspecified atom stereocenters. The van der Waals surface area contributed by atoms with E-state index in [1.807, 2.05) is 42.5 Å². The Kier molecular flexibility index (Phi) is 10.5. The molecule has 2 aromatic carbocycles. The van der Waals surface area contributed by atoms with Crippen molar-refractivity contribution >= 4 is 41.5 Å². The summed E-state index contributed by atoms with van der Waals surface area (Å²) in [6.45, 7) is 1.42. The van der Waals surface area contributed by atoms with E-state index in [0.29, 0.717) is 30.5 Å². The maximum absolute atomic E-state index is 5.90. The van der Waals surface area contributed by atoms with Crippen molar-refractivity contribution < 1.29 is 9.47 Å². The molecule has 144 valence electrons. The van der Waals surface area contributed by atoms with Gasteiger partial charge in [-0.15, -0.1) is 30.4 Å². The lowest BCUT2D eigenvalue weighted by atomic mass is 10.2. The van der Waals surface area contributed by atoms with Crippen LogP contribution in [0.2, 0.25) is 5.02 Å². The summed E-state index contributed by atoms with van der Waals surface area (Å²) in [5, 5.41) is 7.25. The van der Waals surface area contributed by atoms with Crippen molar-refractivity contribution in [3.63, 3.8) is 0 Å². The molecule has 2 aromatic rings. The SMILES string of the molecule is C#CCOc1cc(CNC(=NC)NCc2ccc(Cl)cc2)ccc1OC.I. The summed E-state index contributed by atoms with van der Waals surface area (Å²) in [5.41, 5.74) is 2.14. The number of terminal acetylenes is 1. The van der Waals surface area contributed by atoms with E-state index in [2.05, 4.69) is 21.5 Å². The molecule has 0 aliphatic heterocycles. The second kappa shape index (κ2) is 12.3. The molecular formula is C20H23ClIN3O2. The number of nitrogens with zero attached hydrogens (tertiary/aromatic N) is 1. The smallest absolute Gasteiger partial charge is 0.191 e.